The number of halogens is 4. The lowest BCUT2D eigenvalue weighted by Crippen LogP contribution is -2.06. The second-order valence-electron chi connectivity index (χ2n) is 4.96. The van der Waals surface area contributed by atoms with Crippen molar-refractivity contribution in [1.82, 2.24) is 15.0 Å². The molecule has 2 heterocycles. The van der Waals surface area contributed by atoms with Gasteiger partial charge in [-0.2, -0.15) is 18.2 Å². The molecule has 0 saturated heterocycles. The van der Waals surface area contributed by atoms with Gasteiger partial charge < -0.3 is 11.1 Å². The third kappa shape index (κ3) is 2.92. The van der Waals surface area contributed by atoms with Crippen molar-refractivity contribution in [2.75, 3.05) is 18.1 Å². The van der Waals surface area contributed by atoms with Gasteiger partial charge in [0.1, 0.15) is 5.82 Å². The van der Waals surface area contributed by atoms with Crippen LogP contribution in [0.15, 0.2) is 30.5 Å². The molecular formula is C15H11ClF3N5. The van der Waals surface area contributed by atoms with E-state index in [0.29, 0.717) is 16.9 Å². The van der Waals surface area contributed by atoms with Crippen LogP contribution in [0.4, 0.5) is 24.9 Å². The van der Waals surface area contributed by atoms with Gasteiger partial charge in [-0.25, -0.2) is 4.98 Å². The van der Waals surface area contributed by atoms with Crippen molar-refractivity contribution < 1.29 is 13.2 Å². The highest BCUT2D eigenvalue weighted by Crippen LogP contribution is 2.35. The summed E-state index contributed by atoms with van der Waals surface area (Å²) in [6.07, 6.45) is -3.75. The fraction of sp³-hybridized carbons (Fsp3) is 0.133. The molecule has 3 N–H and O–H groups in total. The first-order valence-electron chi connectivity index (χ1n) is 6.77. The molecule has 0 saturated carbocycles. The van der Waals surface area contributed by atoms with Gasteiger partial charge in [-0.3, -0.25) is 4.98 Å². The minimum Gasteiger partial charge on any atom is -0.372 e. The molecular weight excluding hydrogens is 343 g/mol. The molecule has 0 spiro atoms. The number of nitrogen functional groups attached to an aromatic ring is 1. The molecule has 0 aliphatic carbocycles. The van der Waals surface area contributed by atoms with Crippen LogP contribution in [0, 0.1) is 0 Å². The Kier molecular flexibility index (Phi) is 3.92. The molecule has 0 atom stereocenters. The molecule has 3 rings (SSSR count). The van der Waals surface area contributed by atoms with Gasteiger partial charge in [0.2, 0.25) is 5.95 Å². The predicted octanol–water partition coefficient (Wildman–Crippen LogP) is 3.99. The number of nitrogens with two attached hydrogens (primary N) is 1. The second kappa shape index (κ2) is 5.79. The van der Waals surface area contributed by atoms with Crippen LogP contribution < -0.4 is 11.1 Å². The van der Waals surface area contributed by atoms with Gasteiger partial charge in [-0.05, 0) is 18.2 Å². The first kappa shape index (κ1) is 16.3. The Balaban J connectivity index is 2.13. The summed E-state index contributed by atoms with van der Waals surface area (Å²) in [5, 5.41) is 3.53. The van der Waals surface area contributed by atoms with Gasteiger partial charge in [0.25, 0.3) is 0 Å². The summed E-state index contributed by atoms with van der Waals surface area (Å²) in [6.45, 7) is 0. The normalized spacial score (nSPS) is 11.7. The van der Waals surface area contributed by atoms with Crippen LogP contribution in [0.5, 0.6) is 0 Å². The van der Waals surface area contributed by atoms with Crippen molar-refractivity contribution in [1.29, 1.82) is 0 Å². The fourth-order valence-corrected chi connectivity index (χ4v) is 2.57. The standard InChI is InChI=1S/C15H11ClF3N5/c1-21-13-9-3-2-7(4-11(9)23-14(20)24-13)12-10(16)5-8(6-22-12)15(17,18)19/h2-6H,1H3,(H3,20,21,23,24). The number of fused-ring (bicyclic) bond motifs is 1. The minimum atomic E-state index is -4.50. The molecule has 0 radical (unpaired) electrons. The summed E-state index contributed by atoms with van der Waals surface area (Å²) in [6, 6.07) is 5.91. The topological polar surface area (TPSA) is 76.7 Å². The molecule has 0 bridgehead atoms. The molecule has 0 fully saturated rings. The summed E-state index contributed by atoms with van der Waals surface area (Å²) in [5.74, 6) is 0.631. The Morgan fingerprint density at radius 2 is 1.92 bits per heavy atom. The number of aromatic nitrogens is 3. The van der Waals surface area contributed by atoms with Crippen molar-refractivity contribution in [3.05, 3.63) is 41.0 Å². The highest BCUT2D eigenvalue weighted by atomic mass is 35.5. The number of nitrogens with zero attached hydrogens (tertiary/aromatic N) is 3. The van der Waals surface area contributed by atoms with E-state index in [-0.39, 0.29) is 16.7 Å². The van der Waals surface area contributed by atoms with E-state index in [0.717, 1.165) is 17.6 Å². The highest BCUT2D eigenvalue weighted by Gasteiger charge is 2.31. The first-order chi connectivity index (χ1) is 11.3. The number of alkyl halides is 3. The third-order valence-corrected chi connectivity index (χ3v) is 3.68. The quantitative estimate of drug-likeness (QED) is 0.728. The van der Waals surface area contributed by atoms with Crippen LogP contribution in [0.25, 0.3) is 22.2 Å². The monoisotopic (exact) mass is 353 g/mol. The van der Waals surface area contributed by atoms with E-state index in [1.807, 2.05) is 0 Å². The highest BCUT2D eigenvalue weighted by molar-refractivity contribution is 6.33. The van der Waals surface area contributed by atoms with Crippen LogP contribution in [-0.4, -0.2) is 22.0 Å². The predicted molar refractivity (Wildman–Crippen MR) is 86.7 cm³/mol. The minimum absolute atomic E-state index is 0.0791. The van der Waals surface area contributed by atoms with E-state index >= 15 is 0 Å². The molecule has 0 aliphatic rings. The van der Waals surface area contributed by atoms with Crippen LogP contribution in [0.2, 0.25) is 5.02 Å². The Bertz CT molecular complexity index is 927. The molecule has 3 aromatic rings. The lowest BCUT2D eigenvalue weighted by atomic mass is 10.1. The number of rotatable bonds is 2. The maximum Gasteiger partial charge on any atom is 0.417 e. The maximum absolute atomic E-state index is 12.7. The molecule has 0 unspecified atom stereocenters. The number of benzene rings is 1. The molecule has 1 aromatic carbocycles. The van der Waals surface area contributed by atoms with Crippen molar-refractivity contribution in [2.24, 2.45) is 0 Å². The number of nitrogens with one attached hydrogen (secondary N) is 1. The Morgan fingerprint density at radius 1 is 1.17 bits per heavy atom. The van der Waals surface area contributed by atoms with Crippen molar-refractivity contribution >= 4 is 34.3 Å². The summed E-state index contributed by atoms with van der Waals surface area (Å²) in [4.78, 5) is 12.0. The van der Waals surface area contributed by atoms with Gasteiger partial charge in [0.05, 0.1) is 21.8 Å². The first-order valence-corrected chi connectivity index (χ1v) is 7.15. The van der Waals surface area contributed by atoms with Crippen molar-refractivity contribution in [3.8, 4) is 11.3 Å². The summed E-state index contributed by atoms with van der Waals surface area (Å²) >= 11 is 5.98. The third-order valence-electron chi connectivity index (χ3n) is 3.39. The summed E-state index contributed by atoms with van der Waals surface area (Å²) in [7, 11) is 1.70. The van der Waals surface area contributed by atoms with E-state index < -0.39 is 11.7 Å². The lowest BCUT2D eigenvalue weighted by molar-refractivity contribution is -0.137. The van der Waals surface area contributed by atoms with E-state index in [1.54, 1.807) is 25.2 Å². The molecule has 0 aliphatic heterocycles. The van der Waals surface area contributed by atoms with Gasteiger partial charge in [0.15, 0.2) is 0 Å². The van der Waals surface area contributed by atoms with Crippen LogP contribution in [0.1, 0.15) is 5.56 Å². The van der Waals surface area contributed by atoms with Gasteiger partial charge >= 0.3 is 6.18 Å². The molecule has 9 heteroatoms. The second-order valence-corrected chi connectivity index (χ2v) is 5.37. The molecule has 2 aromatic heterocycles. The van der Waals surface area contributed by atoms with E-state index in [2.05, 4.69) is 20.3 Å². The zero-order valence-corrected chi connectivity index (χ0v) is 13.1. The molecule has 124 valence electrons. The number of anilines is 2. The average Bonchev–Trinajstić information content (AvgIpc) is 2.52. The zero-order chi connectivity index (χ0) is 17.5. The Labute approximate surface area is 139 Å². The largest absolute Gasteiger partial charge is 0.417 e. The van der Waals surface area contributed by atoms with Crippen LogP contribution >= 0.6 is 11.6 Å². The average molecular weight is 354 g/mol. The number of pyridine rings is 1. The smallest absolute Gasteiger partial charge is 0.372 e. The summed E-state index contributed by atoms with van der Waals surface area (Å²) < 4.78 is 38.1. The van der Waals surface area contributed by atoms with Gasteiger partial charge in [0, 0.05) is 24.2 Å². The zero-order valence-electron chi connectivity index (χ0n) is 12.3. The maximum atomic E-state index is 12.7. The number of hydrogen-bond acceptors (Lipinski definition) is 5. The fourth-order valence-electron chi connectivity index (χ4n) is 2.29. The van der Waals surface area contributed by atoms with Crippen molar-refractivity contribution in [2.45, 2.75) is 6.18 Å². The lowest BCUT2D eigenvalue weighted by Gasteiger charge is -2.11. The molecule has 5 nitrogen and oxygen atoms in total. The van der Waals surface area contributed by atoms with E-state index in [9.17, 15) is 13.2 Å². The Hall–Kier alpha value is -2.61. The van der Waals surface area contributed by atoms with E-state index in [1.165, 1.54) is 0 Å². The van der Waals surface area contributed by atoms with E-state index in [4.69, 9.17) is 17.3 Å². The summed E-state index contributed by atoms with van der Waals surface area (Å²) in [5.41, 5.74) is 6.05. The Morgan fingerprint density at radius 3 is 2.54 bits per heavy atom. The molecule has 24 heavy (non-hydrogen) atoms. The van der Waals surface area contributed by atoms with Gasteiger partial charge in [-0.1, -0.05) is 17.7 Å². The SMILES string of the molecule is CNc1nc(N)nc2cc(-c3ncc(C(F)(F)F)cc3Cl)ccc12. The van der Waals surface area contributed by atoms with Crippen LogP contribution in [-0.2, 0) is 6.18 Å². The number of hydrogen-bond donors (Lipinski definition) is 2. The van der Waals surface area contributed by atoms with Crippen LogP contribution in [0.3, 0.4) is 0 Å². The molecule has 0 amide bonds. The van der Waals surface area contributed by atoms with Crippen molar-refractivity contribution in [3.63, 3.8) is 0 Å². The van der Waals surface area contributed by atoms with Gasteiger partial charge in [-0.15, -0.1) is 0 Å².